The van der Waals surface area contributed by atoms with Crippen molar-refractivity contribution >= 4 is 35.3 Å². The van der Waals surface area contributed by atoms with Gasteiger partial charge < -0.3 is 23.8 Å². The van der Waals surface area contributed by atoms with Crippen molar-refractivity contribution < 1.29 is 28.5 Å². The van der Waals surface area contributed by atoms with Crippen LogP contribution in [0.1, 0.15) is 5.56 Å². The van der Waals surface area contributed by atoms with Gasteiger partial charge in [0.15, 0.2) is 16.6 Å². The van der Waals surface area contributed by atoms with Crippen LogP contribution in [0, 0.1) is 0 Å². The first kappa shape index (κ1) is 19.5. The third-order valence-corrected chi connectivity index (χ3v) is 4.37. The minimum Gasteiger partial charge on any atom is -0.496 e. The Morgan fingerprint density at radius 2 is 1.65 bits per heavy atom. The van der Waals surface area contributed by atoms with Gasteiger partial charge in [-0.2, -0.15) is 0 Å². The van der Waals surface area contributed by atoms with Gasteiger partial charge in [-0.3, -0.25) is 14.5 Å². The molecule has 1 saturated heterocycles. The van der Waals surface area contributed by atoms with Gasteiger partial charge in [0.2, 0.25) is 0 Å². The molecular formula is C17H20N2O6S. The molecule has 0 aliphatic carbocycles. The summed E-state index contributed by atoms with van der Waals surface area (Å²) in [7, 11) is 7.34. The summed E-state index contributed by atoms with van der Waals surface area (Å²) in [6, 6.07) is 3.33. The van der Waals surface area contributed by atoms with Crippen LogP contribution in [0.25, 0.3) is 6.08 Å². The first-order chi connectivity index (χ1) is 12.4. The molecule has 0 N–H and O–H groups in total. The molecule has 0 saturated carbocycles. The van der Waals surface area contributed by atoms with E-state index in [0.717, 1.165) is 0 Å². The predicted molar refractivity (Wildman–Crippen MR) is 98.2 cm³/mol. The van der Waals surface area contributed by atoms with Crippen LogP contribution in [0.15, 0.2) is 17.8 Å². The maximum absolute atomic E-state index is 12.6. The van der Waals surface area contributed by atoms with Gasteiger partial charge in [-0.05, 0) is 24.4 Å². The standard InChI is InChI=1S/C17H20N2O6S/c1-18-16(21)11(19(17(18)26)9-15(20)25-5)6-10-7-13(23-3)14(24-4)8-12(10)22-2/h6-8H,9H2,1-5H3. The summed E-state index contributed by atoms with van der Waals surface area (Å²) < 4.78 is 20.6. The highest BCUT2D eigenvalue weighted by Crippen LogP contribution is 2.36. The summed E-state index contributed by atoms with van der Waals surface area (Å²) >= 11 is 5.26. The Balaban J connectivity index is 2.55. The molecule has 0 aromatic heterocycles. The number of benzene rings is 1. The molecule has 1 heterocycles. The summed E-state index contributed by atoms with van der Waals surface area (Å²) in [6.45, 7) is -0.174. The zero-order chi connectivity index (χ0) is 19.4. The number of nitrogens with zero attached hydrogens (tertiary/aromatic N) is 2. The van der Waals surface area contributed by atoms with E-state index >= 15 is 0 Å². The summed E-state index contributed by atoms with van der Waals surface area (Å²) in [5, 5.41) is 0.214. The van der Waals surface area contributed by atoms with Gasteiger partial charge in [-0.15, -0.1) is 0 Å². The van der Waals surface area contributed by atoms with E-state index in [2.05, 4.69) is 4.74 Å². The Bertz CT molecular complexity index is 777. The van der Waals surface area contributed by atoms with E-state index in [0.29, 0.717) is 22.8 Å². The molecule has 1 amide bonds. The maximum Gasteiger partial charge on any atom is 0.325 e. The smallest absolute Gasteiger partial charge is 0.325 e. The van der Waals surface area contributed by atoms with Gasteiger partial charge in [0, 0.05) is 18.7 Å². The fourth-order valence-electron chi connectivity index (χ4n) is 2.46. The number of carbonyl (C=O) groups excluding carboxylic acids is 2. The number of hydrogen-bond acceptors (Lipinski definition) is 7. The first-order valence-electron chi connectivity index (χ1n) is 7.56. The Hall–Kier alpha value is -2.81. The van der Waals surface area contributed by atoms with Crippen LogP contribution in [0.3, 0.4) is 0 Å². The molecule has 26 heavy (non-hydrogen) atoms. The second kappa shape index (κ2) is 8.05. The topological polar surface area (TPSA) is 77.5 Å². The van der Waals surface area contributed by atoms with Crippen LogP contribution >= 0.6 is 12.2 Å². The molecule has 1 aromatic carbocycles. The Morgan fingerprint density at radius 3 is 2.19 bits per heavy atom. The molecule has 0 unspecified atom stereocenters. The van der Waals surface area contributed by atoms with Crippen LogP contribution in [0.5, 0.6) is 17.2 Å². The summed E-state index contributed by atoms with van der Waals surface area (Å²) in [6.07, 6.45) is 1.59. The Kier molecular flexibility index (Phi) is 6.04. The first-order valence-corrected chi connectivity index (χ1v) is 7.96. The number of likely N-dealkylation sites (N-methyl/N-ethyl adjacent to an activating group) is 1. The van der Waals surface area contributed by atoms with Crippen molar-refractivity contribution in [2.24, 2.45) is 0 Å². The van der Waals surface area contributed by atoms with E-state index in [9.17, 15) is 9.59 Å². The normalized spacial score (nSPS) is 15.5. The lowest BCUT2D eigenvalue weighted by atomic mass is 10.1. The number of hydrogen-bond donors (Lipinski definition) is 0. The molecule has 0 atom stereocenters. The van der Waals surface area contributed by atoms with Gasteiger partial charge in [0.25, 0.3) is 5.91 Å². The van der Waals surface area contributed by atoms with Gasteiger partial charge in [-0.25, -0.2) is 0 Å². The number of thiocarbonyl (C=S) groups is 1. The lowest BCUT2D eigenvalue weighted by molar-refractivity contribution is -0.140. The maximum atomic E-state index is 12.6. The SMILES string of the molecule is COC(=O)CN1C(=S)N(C)C(=O)C1=Cc1cc(OC)c(OC)cc1OC. The number of ether oxygens (including phenoxy) is 4. The molecule has 0 radical (unpaired) electrons. The van der Waals surface area contributed by atoms with Crippen molar-refractivity contribution in [3.05, 3.63) is 23.4 Å². The van der Waals surface area contributed by atoms with Crippen molar-refractivity contribution in [1.29, 1.82) is 0 Å². The van der Waals surface area contributed by atoms with Gasteiger partial charge in [-0.1, -0.05) is 0 Å². The van der Waals surface area contributed by atoms with Crippen LogP contribution in [0.2, 0.25) is 0 Å². The molecular weight excluding hydrogens is 360 g/mol. The fraction of sp³-hybridized carbons (Fsp3) is 0.353. The second-order valence-corrected chi connectivity index (χ2v) is 5.65. The third kappa shape index (κ3) is 3.57. The largest absolute Gasteiger partial charge is 0.496 e. The number of rotatable bonds is 6. The quantitative estimate of drug-likeness (QED) is 0.415. The molecule has 1 aromatic rings. The van der Waals surface area contributed by atoms with Crippen LogP contribution in [0.4, 0.5) is 0 Å². The number of methoxy groups -OCH3 is 4. The van der Waals surface area contributed by atoms with Crippen molar-refractivity contribution in [2.75, 3.05) is 42.0 Å². The van der Waals surface area contributed by atoms with Gasteiger partial charge in [0.1, 0.15) is 18.0 Å². The number of amides is 1. The minimum atomic E-state index is -0.513. The molecule has 0 bridgehead atoms. The van der Waals surface area contributed by atoms with E-state index in [1.807, 2.05) is 0 Å². The zero-order valence-corrected chi connectivity index (χ0v) is 16.0. The lowest BCUT2D eigenvalue weighted by Crippen LogP contribution is -2.33. The number of carbonyl (C=O) groups is 2. The highest BCUT2D eigenvalue weighted by atomic mass is 32.1. The predicted octanol–water partition coefficient (Wildman–Crippen LogP) is 1.29. The molecule has 0 spiro atoms. The summed E-state index contributed by atoms with van der Waals surface area (Å²) in [5.41, 5.74) is 0.801. The number of esters is 1. The third-order valence-electron chi connectivity index (χ3n) is 3.88. The zero-order valence-electron chi connectivity index (χ0n) is 15.2. The second-order valence-electron chi connectivity index (χ2n) is 5.29. The van der Waals surface area contributed by atoms with E-state index in [4.69, 9.17) is 26.4 Å². The van der Waals surface area contributed by atoms with E-state index in [-0.39, 0.29) is 23.3 Å². The van der Waals surface area contributed by atoms with E-state index < -0.39 is 5.97 Å². The highest BCUT2D eigenvalue weighted by Gasteiger charge is 2.37. The van der Waals surface area contributed by atoms with Crippen molar-refractivity contribution in [3.8, 4) is 17.2 Å². The van der Waals surface area contributed by atoms with Crippen LogP contribution in [-0.2, 0) is 14.3 Å². The molecule has 140 valence electrons. The molecule has 1 aliphatic heterocycles. The van der Waals surface area contributed by atoms with Crippen molar-refractivity contribution in [3.63, 3.8) is 0 Å². The van der Waals surface area contributed by atoms with Gasteiger partial charge >= 0.3 is 5.97 Å². The molecule has 8 nitrogen and oxygen atoms in total. The molecule has 1 fully saturated rings. The lowest BCUT2D eigenvalue weighted by Gasteiger charge is -2.17. The van der Waals surface area contributed by atoms with Crippen molar-refractivity contribution in [2.45, 2.75) is 0 Å². The average molecular weight is 380 g/mol. The molecule has 2 rings (SSSR count). The Labute approximate surface area is 156 Å². The molecule has 1 aliphatic rings. The summed E-state index contributed by atoms with van der Waals surface area (Å²) in [4.78, 5) is 27.0. The summed E-state index contributed by atoms with van der Waals surface area (Å²) in [5.74, 6) is 0.585. The fourth-order valence-corrected chi connectivity index (χ4v) is 2.70. The van der Waals surface area contributed by atoms with Gasteiger partial charge in [0.05, 0.1) is 28.4 Å². The van der Waals surface area contributed by atoms with Crippen LogP contribution in [-0.4, -0.2) is 68.8 Å². The van der Waals surface area contributed by atoms with Crippen molar-refractivity contribution in [1.82, 2.24) is 9.80 Å². The molecule has 9 heteroatoms. The van der Waals surface area contributed by atoms with E-state index in [1.165, 1.54) is 38.2 Å². The average Bonchev–Trinajstić information content (AvgIpc) is 2.85. The minimum absolute atomic E-state index is 0.174. The highest BCUT2D eigenvalue weighted by molar-refractivity contribution is 7.80. The van der Waals surface area contributed by atoms with Crippen LogP contribution < -0.4 is 14.2 Å². The Morgan fingerprint density at radius 1 is 1.08 bits per heavy atom. The monoisotopic (exact) mass is 380 g/mol. The van der Waals surface area contributed by atoms with E-state index in [1.54, 1.807) is 25.3 Å².